The normalized spacial score (nSPS) is 18.7. The third-order valence-electron chi connectivity index (χ3n) is 6.00. The van der Waals surface area contributed by atoms with E-state index in [1.165, 1.54) is 17.8 Å². The average molecular weight is 424 g/mol. The van der Waals surface area contributed by atoms with Crippen molar-refractivity contribution in [3.8, 4) is 10.6 Å². The van der Waals surface area contributed by atoms with Crippen molar-refractivity contribution in [3.05, 3.63) is 29.6 Å². The van der Waals surface area contributed by atoms with E-state index in [2.05, 4.69) is 46.1 Å². The number of aryl methyl sites for hydroxylation is 1. The Balaban J connectivity index is 1.63. The van der Waals surface area contributed by atoms with E-state index in [0.29, 0.717) is 5.96 Å². The lowest BCUT2D eigenvalue weighted by molar-refractivity contribution is 0.305. The summed E-state index contributed by atoms with van der Waals surface area (Å²) in [6.45, 7) is 4.15. The van der Waals surface area contributed by atoms with Gasteiger partial charge in [0, 0.05) is 17.7 Å². The molecule has 4 N–H and O–H groups in total. The summed E-state index contributed by atoms with van der Waals surface area (Å²) in [5.74, 6) is 1.52. The molecule has 9 nitrogen and oxygen atoms in total. The molecule has 10 heteroatoms. The Morgan fingerprint density at radius 1 is 1.13 bits per heavy atom. The molecule has 1 aliphatic carbocycles. The van der Waals surface area contributed by atoms with Crippen LogP contribution in [-0.4, -0.2) is 37.4 Å². The van der Waals surface area contributed by atoms with Crippen LogP contribution in [0.5, 0.6) is 0 Å². The lowest BCUT2D eigenvalue weighted by atomic mass is 9.86. The van der Waals surface area contributed by atoms with Gasteiger partial charge in [-0.05, 0) is 44.2 Å². The molecule has 0 saturated heterocycles. The summed E-state index contributed by atoms with van der Waals surface area (Å²) in [5.41, 5.74) is 15.1. The predicted octanol–water partition coefficient (Wildman–Crippen LogP) is 2.83. The van der Waals surface area contributed by atoms with Gasteiger partial charge >= 0.3 is 0 Å². The van der Waals surface area contributed by atoms with Crippen LogP contribution in [0.3, 0.4) is 0 Å². The molecule has 1 fully saturated rings. The Hall–Kier alpha value is -3.01. The van der Waals surface area contributed by atoms with Gasteiger partial charge in [0.25, 0.3) is 0 Å². The van der Waals surface area contributed by atoms with Gasteiger partial charge in [-0.15, -0.1) is 10.2 Å². The zero-order valence-electron chi connectivity index (χ0n) is 17.2. The number of fused-ring (bicyclic) bond motifs is 1. The molecule has 1 spiro atoms. The second-order valence-electron chi connectivity index (χ2n) is 7.84. The van der Waals surface area contributed by atoms with Gasteiger partial charge in [-0.25, -0.2) is 4.99 Å². The Morgan fingerprint density at radius 3 is 2.70 bits per heavy atom. The Morgan fingerprint density at radius 2 is 1.93 bits per heavy atom. The van der Waals surface area contributed by atoms with Crippen molar-refractivity contribution in [1.29, 1.82) is 0 Å². The second kappa shape index (κ2) is 7.05. The van der Waals surface area contributed by atoms with Crippen LogP contribution in [0.1, 0.15) is 50.4 Å². The summed E-state index contributed by atoms with van der Waals surface area (Å²) < 4.78 is 1.83. The van der Waals surface area contributed by atoms with Crippen LogP contribution in [0.2, 0.25) is 0 Å². The highest BCUT2D eigenvalue weighted by atomic mass is 32.1. The number of hydrogen-bond acceptors (Lipinski definition) is 9. The summed E-state index contributed by atoms with van der Waals surface area (Å²) in [7, 11) is 0. The van der Waals surface area contributed by atoms with Gasteiger partial charge in [0.2, 0.25) is 16.9 Å². The molecule has 3 aromatic rings. The van der Waals surface area contributed by atoms with E-state index in [1.807, 2.05) is 10.6 Å². The molecule has 1 aliphatic heterocycles. The Bertz CT molecular complexity index is 1170. The highest BCUT2D eigenvalue weighted by Gasteiger charge is 2.43. The molecule has 2 aliphatic rings. The maximum atomic E-state index is 6.43. The van der Waals surface area contributed by atoms with E-state index in [-0.39, 0.29) is 5.96 Å². The minimum Gasteiger partial charge on any atom is -0.369 e. The molecular formula is C20H25N9S. The van der Waals surface area contributed by atoms with Gasteiger partial charge in [0.15, 0.2) is 5.82 Å². The van der Waals surface area contributed by atoms with Gasteiger partial charge < -0.3 is 11.5 Å². The Labute approximate surface area is 178 Å². The first-order valence-electron chi connectivity index (χ1n) is 10.3. The fraction of sp³-hybridized carbons (Fsp3) is 0.450. The largest absolute Gasteiger partial charge is 0.369 e. The maximum Gasteiger partial charge on any atom is 0.234 e. The topological polar surface area (TPSA) is 123 Å². The molecule has 3 heterocycles. The van der Waals surface area contributed by atoms with Crippen molar-refractivity contribution in [2.24, 2.45) is 21.5 Å². The van der Waals surface area contributed by atoms with E-state index >= 15 is 0 Å². The van der Waals surface area contributed by atoms with Crippen molar-refractivity contribution in [2.75, 3.05) is 4.90 Å². The molecule has 30 heavy (non-hydrogen) atoms. The second-order valence-corrected chi connectivity index (χ2v) is 8.80. The zero-order chi connectivity index (χ0) is 20.9. The van der Waals surface area contributed by atoms with E-state index in [0.717, 1.165) is 64.7 Å². The van der Waals surface area contributed by atoms with Gasteiger partial charge in [-0.3, -0.25) is 4.90 Å². The van der Waals surface area contributed by atoms with Crippen molar-refractivity contribution < 1.29 is 0 Å². The number of anilines is 1. The minimum absolute atomic E-state index is 0.264. The minimum atomic E-state index is -0.464. The number of nitrogens with zero attached hydrogens (tertiary/aromatic N) is 7. The number of benzene rings is 1. The zero-order valence-corrected chi connectivity index (χ0v) is 18.0. The van der Waals surface area contributed by atoms with Crippen LogP contribution < -0.4 is 16.4 Å². The van der Waals surface area contributed by atoms with Crippen LogP contribution in [0, 0.1) is 6.92 Å². The third-order valence-corrected chi connectivity index (χ3v) is 6.93. The number of guanidine groups is 2. The SMILES string of the molecule is CCc1nnc2sc(-c3cccc(N4C(N)=NC(N)=NC45CCCCC5)c3C)nn12. The third kappa shape index (κ3) is 2.85. The van der Waals surface area contributed by atoms with Crippen LogP contribution in [0.15, 0.2) is 28.2 Å². The van der Waals surface area contributed by atoms with E-state index in [4.69, 9.17) is 21.6 Å². The molecule has 1 saturated carbocycles. The molecule has 0 atom stereocenters. The van der Waals surface area contributed by atoms with Crippen LogP contribution in [0.4, 0.5) is 5.69 Å². The highest BCUT2D eigenvalue weighted by Crippen LogP contribution is 2.42. The summed E-state index contributed by atoms with van der Waals surface area (Å²) in [5, 5.41) is 14.1. The molecule has 156 valence electrons. The van der Waals surface area contributed by atoms with Gasteiger partial charge in [-0.1, -0.05) is 36.8 Å². The first-order chi connectivity index (χ1) is 14.5. The van der Waals surface area contributed by atoms with E-state index in [1.54, 1.807) is 0 Å². The lowest BCUT2D eigenvalue weighted by Crippen LogP contribution is -2.58. The summed E-state index contributed by atoms with van der Waals surface area (Å²) in [4.78, 5) is 12.0. The quantitative estimate of drug-likeness (QED) is 0.668. The molecule has 0 radical (unpaired) electrons. The lowest BCUT2D eigenvalue weighted by Gasteiger charge is -2.46. The van der Waals surface area contributed by atoms with Gasteiger partial charge in [-0.2, -0.15) is 14.6 Å². The van der Waals surface area contributed by atoms with E-state index < -0.39 is 5.66 Å². The standard InChI is InChI=1S/C20H25N9S/c1-3-15-25-26-19-29(15)27-16(30-19)13-8-7-9-14(12(13)2)28-18(22)23-17(21)24-20(28)10-5-4-6-11-20/h7-9H,3-6,10-11H2,1-2H3,(H4,21,22,23,24). The number of aliphatic imine (C=N–C) groups is 2. The first kappa shape index (κ1) is 19.0. The van der Waals surface area contributed by atoms with Gasteiger partial charge in [0.1, 0.15) is 10.7 Å². The summed E-state index contributed by atoms with van der Waals surface area (Å²) in [6, 6.07) is 6.19. The van der Waals surface area contributed by atoms with Gasteiger partial charge in [0.05, 0.1) is 0 Å². The van der Waals surface area contributed by atoms with Crippen molar-refractivity contribution >= 4 is 33.9 Å². The highest BCUT2D eigenvalue weighted by molar-refractivity contribution is 7.19. The van der Waals surface area contributed by atoms with Crippen LogP contribution in [-0.2, 0) is 6.42 Å². The first-order valence-corrected chi connectivity index (χ1v) is 11.1. The summed E-state index contributed by atoms with van der Waals surface area (Å²) >= 11 is 1.54. The number of hydrogen-bond donors (Lipinski definition) is 2. The number of rotatable bonds is 3. The van der Waals surface area contributed by atoms with Crippen molar-refractivity contribution in [1.82, 2.24) is 19.8 Å². The van der Waals surface area contributed by atoms with E-state index in [9.17, 15) is 0 Å². The molecule has 0 unspecified atom stereocenters. The molecule has 5 rings (SSSR count). The van der Waals surface area contributed by atoms with Crippen LogP contribution in [0.25, 0.3) is 15.5 Å². The molecule has 1 aromatic carbocycles. The fourth-order valence-corrected chi connectivity index (χ4v) is 5.49. The maximum absolute atomic E-state index is 6.43. The van der Waals surface area contributed by atoms with Crippen molar-refractivity contribution in [2.45, 2.75) is 58.0 Å². The smallest absolute Gasteiger partial charge is 0.234 e. The molecular weight excluding hydrogens is 398 g/mol. The molecule has 0 bridgehead atoms. The predicted molar refractivity (Wildman–Crippen MR) is 120 cm³/mol. The number of aromatic nitrogens is 4. The monoisotopic (exact) mass is 423 g/mol. The number of nitrogens with two attached hydrogens (primary N) is 2. The van der Waals surface area contributed by atoms with Crippen LogP contribution >= 0.6 is 11.3 Å². The Kier molecular flexibility index (Phi) is 4.46. The molecule has 2 aromatic heterocycles. The average Bonchev–Trinajstić information content (AvgIpc) is 3.30. The fourth-order valence-electron chi connectivity index (χ4n) is 4.55. The summed E-state index contributed by atoms with van der Waals surface area (Å²) in [6.07, 6.45) is 5.99. The molecule has 0 amide bonds. The van der Waals surface area contributed by atoms with Crippen molar-refractivity contribution in [3.63, 3.8) is 0 Å².